The second-order valence-electron chi connectivity index (χ2n) is 6.87. The maximum atomic E-state index is 12.6. The molecule has 3 rings (SSSR count). The molecule has 2 aliphatic rings. The Balaban J connectivity index is 1.67. The molecule has 2 amide bonds. The molecular weight excluding hydrogens is 338 g/mol. The van der Waals surface area contributed by atoms with Gasteiger partial charge in [-0.2, -0.15) is 0 Å². The van der Waals surface area contributed by atoms with Gasteiger partial charge in [0.2, 0.25) is 11.8 Å². The molecule has 1 atom stereocenters. The van der Waals surface area contributed by atoms with E-state index in [1.54, 1.807) is 0 Å². The third-order valence-electron chi connectivity index (χ3n) is 5.20. The van der Waals surface area contributed by atoms with Gasteiger partial charge >= 0.3 is 0 Å². The Morgan fingerprint density at radius 1 is 1.31 bits per heavy atom. The minimum absolute atomic E-state index is 0.0349. The molecule has 1 N–H and O–H groups in total. The van der Waals surface area contributed by atoms with Crippen molar-refractivity contribution in [3.63, 3.8) is 0 Å². The predicted molar refractivity (Wildman–Crippen MR) is 95.0 cm³/mol. The minimum Gasteiger partial charge on any atom is -0.494 e. The summed E-state index contributed by atoms with van der Waals surface area (Å²) in [7, 11) is 1.39. The number of methoxy groups -OCH3 is 1. The first-order chi connectivity index (χ1) is 12.5. The van der Waals surface area contributed by atoms with Crippen LogP contribution in [0.15, 0.2) is 18.2 Å². The Morgan fingerprint density at radius 3 is 2.69 bits per heavy atom. The Hall–Kier alpha value is -2.64. The van der Waals surface area contributed by atoms with Gasteiger partial charge in [0.15, 0.2) is 0 Å². The molecule has 0 aromatic heterocycles. The monoisotopic (exact) mass is 361 g/mol. The van der Waals surface area contributed by atoms with Crippen LogP contribution in [-0.4, -0.2) is 41.3 Å². The highest BCUT2D eigenvalue weighted by molar-refractivity contribution is 5.98. The summed E-state index contributed by atoms with van der Waals surface area (Å²) in [5, 5.41) is 13.6. The molecule has 1 aromatic rings. The Labute approximate surface area is 151 Å². The van der Waals surface area contributed by atoms with E-state index in [9.17, 15) is 19.7 Å². The van der Waals surface area contributed by atoms with Crippen molar-refractivity contribution in [3.8, 4) is 5.75 Å². The molecule has 140 valence electrons. The molecule has 0 unspecified atom stereocenters. The van der Waals surface area contributed by atoms with Gasteiger partial charge in [-0.25, -0.2) is 0 Å². The lowest BCUT2D eigenvalue weighted by Crippen LogP contribution is -2.38. The second-order valence-corrected chi connectivity index (χ2v) is 6.87. The molecule has 8 nitrogen and oxygen atoms in total. The van der Waals surface area contributed by atoms with E-state index >= 15 is 0 Å². The number of nitrogens with one attached hydrogen (secondary N) is 1. The highest BCUT2D eigenvalue weighted by atomic mass is 16.6. The van der Waals surface area contributed by atoms with Gasteiger partial charge in [-0.05, 0) is 18.9 Å². The van der Waals surface area contributed by atoms with E-state index in [2.05, 4.69) is 5.32 Å². The summed E-state index contributed by atoms with van der Waals surface area (Å²) in [6.45, 7) is 0.435. The van der Waals surface area contributed by atoms with E-state index in [1.165, 1.54) is 31.7 Å². The summed E-state index contributed by atoms with van der Waals surface area (Å²) in [5.41, 5.74) is 0.256. The fourth-order valence-electron chi connectivity index (χ4n) is 3.78. The third-order valence-corrected chi connectivity index (χ3v) is 5.20. The van der Waals surface area contributed by atoms with Gasteiger partial charge < -0.3 is 15.0 Å². The number of non-ortho nitro benzene ring substituents is 1. The molecule has 0 spiro atoms. The summed E-state index contributed by atoms with van der Waals surface area (Å²) >= 11 is 0. The summed E-state index contributed by atoms with van der Waals surface area (Å²) in [4.78, 5) is 37.1. The number of likely N-dealkylation sites (tertiary alicyclic amines) is 1. The van der Waals surface area contributed by atoms with E-state index in [-0.39, 0.29) is 35.7 Å². The fourth-order valence-corrected chi connectivity index (χ4v) is 3.78. The first-order valence-corrected chi connectivity index (χ1v) is 8.92. The number of hydrogen-bond donors (Lipinski definition) is 1. The van der Waals surface area contributed by atoms with E-state index in [4.69, 9.17) is 4.74 Å². The largest absolute Gasteiger partial charge is 0.494 e. The lowest BCUT2D eigenvalue weighted by Gasteiger charge is -2.31. The molecule has 1 aliphatic carbocycles. The summed E-state index contributed by atoms with van der Waals surface area (Å²) < 4.78 is 5.14. The number of carbonyl (C=O) groups excluding carboxylic acids is 2. The smallest absolute Gasteiger partial charge is 0.273 e. The predicted octanol–water partition coefficient (Wildman–Crippen LogP) is 2.72. The molecule has 1 aromatic carbocycles. The van der Waals surface area contributed by atoms with Crippen LogP contribution in [0.4, 0.5) is 11.4 Å². The number of nitro benzene ring substituents is 1. The van der Waals surface area contributed by atoms with Gasteiger partial charge in [-0.1, -0.05) is 19.3 Å². The molecule has 1 saturated carbocycles. The lowest BCUT2D eigenvalue weighted by molar-refractivity contribution is -0.384. The lowest BCUT2D eigenvalue weighted by atomic mass is 9.94. The first kappa shape index (κ1) is 18.2. The molecule has 0 bridgehead atoms. The van der Waals surface area contributed by atoms with Crippen LogP contribution in [0.25, 0.3) is 0 Å². The van der Waals surface area contributed by atoms with Gasteiger partial charge in [0, 0.05) is 25.1 Å². The Kier molecular flexibility index (Phi) is 5.39. The highest BCUT2D eigenvalue weighted by Gasteiger charge is 2.38. The number of amides is 2. The number of rotatable bonds is 5. The standard InChI is InChI=1S/C18H23N3O5/c1-26-16-10-14(21(24)25)7-8-15(16)19-18(23)12-9-17(22)20(11-12)13-5-3-2-4-6-13/h7-8,10,12-13H,2-6,9,11H2,1H3,(H,19,23)/t12-/m1/s1. The average molecular weight is 361 g/mol. The van der Waals surface area contributed by atoms with Crippen LogP contribution in [-0.2, 0) is 9.59 Å². The zero-order valence-electron chi connectivity index (χ0n) is 14.8. The number of ether oxygens (including phenoxy) is 1. The van der Waals surface area contributed by atoms with Crippen LogP contribution >= 0.6 is 0 Å². The van der Waals surface area contributed by atoms with Crippen molar-refractivity contribution in [2.45, 2.75) is 44.6 Å². The van der Waals surface area contributed by atoms with Gasteiger partial charge in [-0.15, -0.1) is 0 Å². The SMILES string of the molecule is COc1cc([N+](=O)[O-])ccc1NC(=O)[C@@H]1CC(=O)N(C2CCCCC2)C1. The van der Waals surface area contributed by atoms with E-state index in [0.717, 1.165) is 25.7 Å². The Morgan fingerprint density at radius 2 is 2.04 bits per heavy atom. The quantitative estimate of drug-likeness (QED) is 0.642. The summed E-state index contributed by atoms with van der Waals surface area (Å²) in [6, 6.07) is 4.28. The molecule has 0 radical (unpaired) electrons. The summed E-state index contributed by atoms with van der Waals surface area (Å²) in [6.07, 6.45) is 5.70. The normalized spacial score (nSPS) is 20.9. The van der Waals surface area contributed by atoms with Gasteiger partial charge in [0.25, 0.3) is 5.69 Å². The van der Waals surface area contributed by atoms with E-state index in [0.29, 0.717) is 12.2 Å². The van der Waals surface area contributed by atoms with Gasteiger partial charge in [-0.3, -0.25) is 19.7 Å². The maximum Gasteiger partial charge on any atom is 0.273 e. The zero-order chi connectivity index (χ0) is 18.7. The molecule has 1 aliphatic heterocycles. The zero-order valence-corrected chi connectivity index (χ0v) is 14.8. The number of benzene rings is 1. The van der Waals surface area contributed by atoms with Crippen LogP contribution < -0.4 is 10.1 Å². The Bertz CT molecular complexity index is 715. The molecule has 1 heterocycles. The van der Waals surface area contributed by atoms with Crippen molar-refractivity contribution in [2.24, 2.45) is 5.92 Å². The van der Waals surface area contributed by atoms with Crippen LogP contribution in [0, 0.1) is 16.0 Å². The van der Waals surface area contributed by atoms with E-state index < -0.39 is 10.8 Å². The van der Waals surface area contributed by atoms with Crippen molar-refractivity contribution in [1.29, 1.82) is 0 Å². The number of carbonyl (C=O) groups is 2. The summed E-state index contributed by atoms with van der Waals surface area (Å²) in [5.74, 6) is -0.415. The number of nitro groups is 1. The fraction of sp³-hybridized carbons (Fsp3) is 0.556. The third kappa shape index (κ3) is 3.79. The van der Waals surface area contributed by atoms with Crippen molar-refractivity contribution in [1.82, 2.24) is 4.90 Å². The first-order valence-electron chi connectivity index (χ1n) is 8.92. The number of hydrogen-bond acceptors (Lipinski definition) is 5. The van der Waals surface area contributed by atoms with Crippen molar-refractivity contribution in [3.05, 3.63) is 28.3 Å². The topological polar surface area (TPSA) is 102 Å². The minimum atomic E-state index is -0.522. The van der Waals surface area contributed by atoms with Crippen LogP contribution in [0.3, 0.4) is 0 Å². The molecule has 1 saturated heterocycles. The molecule has 26 heavy (non-hydrogen) atoms. The molecule has 8 heteroatoms. The van der Waals surface area contributed by atoms with Crippen molar-refractivity contribution < 1.29 is 19.2 Å². The van der Waals surface area contributed by atoms with Crippen LogP contribution in [0.2, 0.25) is 0 Å². The average Bonchev–Trinajstić information content (AvgIpc) is 3.04. The van der Waals surface area contributed by atoms with Gasteiger partial charge in [0.1, 0.15) is 5.75 Å². The maximum absolute atomic E-state index is 12.6. The number of nitrogens with zero attached hydrogens (tertiary/aromatic N) is 2. The van der Waals surface area contributed by atoms with Gasteiger partial charge in [0.05, 0.1) is 29.7 Å². The van der Waals surface area contributed by atoms with E-state index in [1.807, 2.05) is 4.90 Å². The highest BCUT2D eigenvalue weighted by Crippen LogP contribution is 2.32. The molecular formula is C18H23N3O5. The second kappa shape index (κ2) is 7.72. The van der Waals surface area contributed by atoms with Crippen molar-refractivity contribution >= 4 is 23.2 Å². The molecule has 2 fully saturated rings. The number of anilines is 1. The van der Waals surface area contributed by atoms with Crippen molar-refractivity contribution in [2.75, 3.05) is 19.0 Å². The van der Waals surface area contributed by atoms with Crippen LogP contribution in [0.1, 0.15) is 38.5 Å². The van der Waals surface area contributed by atoms with Crippen LogP contribution in [0.5, 0.6) is 5.75 Å².